The van der Waals surface area contributed by atoms with Crippen LogP contribution >= 0.6 is 0 Å². The highest BCUT2D eigenvalue weighted by atomic mass is 16.2. The van der Waals surface area contributed by atoms with Crippen molar-refractivity contribution in [1.29, 1.82) is 0 Å². The third-order valence-electron chi connectivity index (χ3n) is 3.19. The van der Waals surface area contributed by atoms with Crippen molar-refractivity contribution >= 4 is 11.6 Å². The summed E-state index contributed by atoms with van der Waals surface area (Å²) >= 11 is 0. The Bertz CT molecular complexity index is 587. The van der Waals surface area contributed by atoms with Gasteiger partial charge in [0.15, 0.2) is 0 Å². The van der Waals surface area contributed by atoms with Gasteiger partial charge in [0, 0.05) is 50.8 Å². The molecule has 4 nitrogen and oxygen atoms in total. The van der Waals surface area contributed by atoms with Gasteiger partial charge in [0.1, 0.15) is 0 Å². The zero-order valence-electron chi connectivity index (χ0n) is 12.3. The van der Waals surface area contributed by atoms with E-state index < -0.39 is 0 Å². The summed E-state index contributed by atoms with van der Waals surface area (Å²) in [5, 5.41) is 3.35. The molecule has 1 amide bonds. The average molecular weight is 271 g/mol. The van der Waals surface area contributed by atoms with Gasteiger partial charge >= 0.3 is 0 Å². The maximum atomic E-state index is 11.9. The van der Waals surface area contributed by atoms with Crippen molar-refractivity contribution in [1.82, 2.24) is 9.47 Å². The van der Waals surface area contributed by atoms with Crippen LogP contribution in [0.2, 0.25) is 0 Å². The maximum Gasteiger partial charge on any atom is 0.253 e. The lowest BCUT2D eigenvalue weighted by Gasteiger charge is -2.12. The highest BCUT2D eigenvalue weighted by Gasteiger charge is 2.07. The molecule has 0 saturated carbocycles. The summed E-state index contributed by atoms with van der Waals surface area (Å²) in [5.74, 6) is 0.0192. The predicted octanol–water partition coefficient (Wildman–Crippen LogP) is 2.82. The molecule has 1 aromatic carbocycles. The summed E-state index contributed by atoms with van der Waals surface area (Å²) in [6, 6.07) is 9.70. The molecule has 0 unspecified atom stereocenters. The number of aromatic nitrogens is 1. The average Bonchev–Trinajstić information content (AvgIpc) is 2.92. The van der Waals surface area contributed by atoms with Crippen molar-refractivity contribution in [3.63, 3.8) is 0 Å². The smallest absolute Gasteiger partial charge is 0.253 e. The molecule has 1 aromatic heterocycles. The van der Waals surface area contributed by atoms with Crippen molar-refractivity contribution < 1.29 is 4.79 Å². The molecule has 2 rings (SSSR count). The maximum absolute atomic E-state index is 11.9. The van der Waals surface area contributed by atoms with Crippen molar-refractivity contribution in [3.8, 4) is 0 Å². The summed E-state index contributed by atoms with van der Waals surface area (Å²) in [6.45, 7) is 3.85. The Morgan fingerprint density at radius 1 is 1.30 bits per heavy atom. The van der Waals surface area contributed by atoms with Gasteiger partial charge in [-0.3, -0.25) is 4.79 Å². The Balaban J connectivity index is 2.02. The third kappa shape index (κ3) is 3.41. The van der Waals surface area contributed by atoms with Crippen LogP contribution in [0.5, 0.6) is 0 Å². The van der Waals surface area contributed by atoms with Crippen molar-refractivity contribution in [3.05, 3.63) is 53.9 Å². The monoisotopic (exact) mass is 271 g/mol. The lowest BCUT2D eigenvalue weighted by Crippen LogP contribution is -2.21. The number of nitrogens with zero attached hydrogens (tertiary/aromatic N) is 2. The molecule has 1 heterocycles. The number of benzene rings is 1. The first-order valence-electron chi connectivity index (χ1n) is 6.80. The van der Waals surface area contributed by atoms with Crippen molar-refractivity contribution in [2.45, 2.75) is 20.0 Å². The van der Waals surface area contributed by atoms with Crippen LogP contribution in [0.1, 0.15) is 22.8 Å². The topological polar surface area (TPSA) is 37.3 Å². The van der Waals surface area contributed by atoms with Crippen LogP contribution < -0.4 is 5.32 Å². The van der Waals surface area contributed by atoms with E-state index in [0.717, 1.165) is 18.8 Å². The van der Waals surface area contributed by atoms with Crippen LogP contribution in [-0.2, 0) is 13.1 Å². The molecule has 0 atom stereocenters. The molecule has 0 saturated heterocycles. The molecule has 0 aliphatic rings. The lowest BCUT2D eigenvalue weighted by molar-refractivity contribution is 0.0827. The molecule has 0 aliphatic heterocycles. The second-order valence-corrected chi connectivity index (χ2v) is 4.98. The quantitative estimate of drug-likeness (QED) is 0.908. The Morgan fingerprint density at radius 2 is 2.10 bits per heavy atom. The van der Waals surface area contributed by atoms with Crippen molar-refractivity contribution in [2.24, 2.45) is 0 Å². The van der Waals surface area contributed by atoms with Gasteiger partial charge in [0.05, 0.1) is 0 Å². The number of amides is 1. The van der Waals surface area contributed by atoms with Gasteiger partial charge in [0.25, 0.3) is 5.91 Å². The molecule has 0 bridgehead atoms. The minimum Gasteiger partial charge on any atom is -0.381 e. The SMILES string of the molecule is CCn1ccc(CNc2cccc(C(=O)N(C)C)c2)c1. The van der Waals surface area contributed by atoms with Crippen molar-refractivity contribution in [2.75, 3.05) is 19.4 Å². The van der Waals surface area contributed by atoms with Crippen LogP contribution in [0.15, 0.2) is 42.7 Å². The first-order valence-corrected chi connectivity index (χ1v) is 6.80. The van der Waals surface area contributed by atoms with E-state index in [2.05, 4.69) is 35.3 Å². The number of hydrogen-bond donors (Lipinski definition) is 1. The highest BCUT2D eigenvalue weighted by molar-refractivity contribution is 5.94. The fourth-order valence-electron chi connectivity index (χ4n) is 2.02. The molecule has 0 aliphatic carbocycles. The first kappa shape index (κ1) is 14.2. The van der Waals surface area contributed by atoms with Gasteiger partial charge in [0.2, 0.25) is 0 Å². The molecule has 0 spiro atoms. The molecular weight excluding hydrogens is 250 g/mol. The zero-order valence-corrected chi connectivity index (χ0v) is 12.3. The Morgan fingerprint density at radius 3 is 2.75 bits per heavy atom. The van der Waals surface area contributed by atoms with Gasteiger partial charge in [-0.05, 0) is 36.8 Å². The lowest BCUT2D eigenvalue weighted by atomic mass is 10.2. The number of carbonyl (C=O) groups excluding carboxylic acids is 1. The van der Waals surface area contributed by atoms with Crippen LogP contribution in [0.4, 0.5) is 5.69 Å². The standard InChI is InChI=1S/C16H21N3O/c1-4-19-9-8-13(12-19)11-17-15-7-5-6-14(10-15)16(20)18(2)3/h5-10,12,17H,4,11H2,1-3H3. The normalized spacial score (nSPS) is 10.3. The van der Waals surface area contributed by atoms with Gasteiger partial charge in [-0.1, -0.05) is 6.07 Å². The number of rotatable bonds is 5. The molecule has 106 valence electrons. The number of anilines is 1. The summed E-state index contributed by atoms with van der Waals surface area (Å²) < 4.78 is 2.14. The van der Waals surface area contributed by atoms with Crippen LogP contribution in [0.3, 0.4) is 0 Å². The van der Waals surface area contributed by atoms with Crippen LogP contribution in [0.25, 0.3) is 0 Å². The second-order valence-electron chi connectivity index (χ2n) is 4.98. The minimum absolute atomic E-state index is 0.0192. The van der Waals surface area contributed by atoms with Gasteiger partial charge in [-0.2, -0.15) is 0 Å². The summed E-state index contributed by atoms with van der Waals surface area (Å²) in [6.07, 6.45) is 4.20. The number of nitrogens with one attached hydrogen (secondary N) is 1. The largest absolute Gasteiger partial charge is 0.381 e. The second kappa shape index (κ2) is 6.28. The third-order valence-corrected chi connectivity index (χ3v) is 3.19. The van der Waals surface area contributed by atoms with Gasteiger partial charge in [-0.25, -0.2) is 0 Å². The van der Waals surface area contributed by atoms with E-state index in [0.29, 0.717) is 5.56 Å². The van der Waals surface area contributed by atoms with Gasteiger partial charge < -0.3 is 14.8 Å². The van der Waals surface area contributed by atoms with E-state index in [9.17, 15) is 4.79 Å². The molecule has 2 aromatic rings. The number of carbonyl (C=O) groups is 1. The fourth-order valence-corrected chi connectivity index (χ4v) is 2.02. The molecule has 0 fully saturated rings. The van der Waals surface area contributed by atoms with Crippen LogP contribution in [-0.4, -0.2) is 29.5 Å². The summed E-state index contributed by atoms with van der Waals surface area (Å²) in [4.78, 5) is 13.5. The fraction of sp³-hybridized carbons (Fsp3) is 0.312. The van der Waals surface area contributed by atoms with E-state index >= 15 is 0 Å². The summed E-state index contributed by atoms with van der Waals surface area (Å²) in [5.41, 5.74) is 2.89. The Hall–Kier alpha value is -2.23. The molecule has 20 heavy (non-hydrogen) atoms. The molecule has 0 radical (unpaired) electrons. The first-order chi connectivity index (χ1) is 9.60. The summed E-state index contributed by atoms with van der Waals surface area (Å²) in [7, 11) is 3.52. The Kier molecular flexibility index (Phi) is 4.45. The number of aryl methyl sites for hydroxylation is 1. The van der Waals surface area contributed by atoms with E-state index in [1.54, 1.807) is 19.0 Å². The molecular formula is C16H21N3O. The minimum atomic E-state index is 0.0192. The van der Waals surface area contributed by atoms with E-state index in [4.69, 9.17) is 0 Å². The van der Waals surface area contributed by atoms with Crippen LogP contribution in [0, 0.1) is 0 Å². The van der Waals surface area contributed by atoms with E-state index in [1.165, 1.54) is 5.56 Å². The molecule has 4 heteroatoms. The Labute approximate surface area is 120 Å². The zero-order chi connectivity index (χ0) is 14.5. The van der Waals surface area contributed by atoms with E-state index in [1.807, 2.05) is 24.3 Å². The number of hydrogen-bond acceptors (Lipinski definition) is 2. The highest BCUT2D eigenvalue weighted by Crippen LogP contribution is 2.13. The molecule has 1 N–H and O–H groups in total. The van der Waals surface area contributed by atoms with E-state index in [-0.39, 0.29) is 5.91 Å². The predicted molar refractivity (Wildman–Crippen MR) is 81.9 cm³/mol. The van der Waals surface area contributed by atoms with Gasteiger partial charge in [-0.15, -0.1) is 0 Å².